The first-order valence-corrected chi connectivity index (χ1v) is 8.51. The Balaban J connectivity index is 2.32. The number of nitrogens with two attached hydrogens (primary N) is 1. The van der Waals surface area contributed by atoms with E-state index in [0.29, 0.717) is 25.1 Å². The number of carbonyl (C=O) groups is 3. The van der Waals surface area contributed by atoms with Crippen LogP contribution >= 0.6 is 12.6 Å². The summed E-state index contributed by atoms with van der Waals surface area (Å²) in [6, 6.07) is -1.13. The summed E-state index contributed by atoms with van der Waals surface area (Å²) in [5.41, 5.74) is 4.77. The van der Waals surface area contributed by atoms with Crippen LogP contribution in [0.15, 0.2) is 0 Å². The number of aliphatic hydroxyl groups is 1. The van der Waals surface area contributed by atoms with Crippen LogP contribution in [0.25, 0.3) is 0 Å². The van der Waals surface area contributed by atoms with Gasteiger partial charge in [0.05, 0.1) is 11.6 Å². The van der Waals surface area contributed by atoms with Crippen molar-refractivity contribution < 1.29 is 19.5 Å². The van der Waals surface area contributed by atoms with E-state index in [-0.39, 0.29) is 23.8 Å². The normalized spacial score (nSPS) is 30.6. The zero-order valence-corrected chi connectivity index (χ0v) is 14.6. The molecule has 0 radical (unpaired) electrons. The Hall–Kier alpha value is -1.12. The lowest BCUT2D eigenvalue weighted by Gasteiger charge is -2.60. The standard InChI is InChI=1S/C15H25N3O4S/c1-8(2)14(22)18-11(20)4-5-15(18)7-17(10(15)6-23)12(9(3)19)13(16)21/h8-10,12,19,23H,4-7H2,1-3H3,(H2,16,21)/t9-,10?,12+,15?/m1/s1. The molecular formula is C15H25N3O4S. The summed E-state index contributed by atoms with van der Waals surface area (Å²) >= 11 is 4.35. The fourth-order valence-corrected chi connectivity index (χ4v) is 4.38. The first kappa shape index (κ1) is 18.2. The smallest absolute Gasteiger partial charge is 0.237 e. The summed E-state index contributed by atoms with van der Waals surface area (Å²) in [7, 11) is 0. The highest BCUT2D eigenvalue weighted by molar-refractivity contribution is 7.80. The summed E-state index contributed by atoms with van der Waals surface area (Å²) in [6.45, 7) is 5.37. The molecule has 2 unspecified atom stereocenters. The maximum atomic E-state index is 12.5. The molecule has 0 aromatic rings. The molecule has 2 aliphatic heterocycles. The third-order valence-corrected chi connectivity index (χ3v) is 5.28. The number of primary amides is 1. The minimum absolute atomic E-state index is 0.178. The minimum atomic E-state index is -0.932. The maximum absolute atomic E-state index is 12.5. The van der Waals surface area contributed by atoms with Gasteiger partial charge in [-0.25, -0.2) is 0 Å². The quantitative estimate of drug-likeness (QED) is 0.577. The van der Waals surface area contributed by atoms with Gasteiger partial charge in [-0.2, -0.15) is 12.6 Å². The SMILES string of the molecule is CC(C)C(=O)N1C(=O)CCC12CN([C@H](C(N)=O)[C@@H](C)O)C2CS. The Kier molecular flexibility index (Phi) is 5.08. The zero-order valence-electron chi connectivity index (χ0n) is 13.7. The largest absolute Gasteiger partial charge is 0.391 e. The van der Waals surface area contributed by atoms with E-state index < -0.39 is 23.6 Å². The van der Waals surface area contributed by atoms with Gasteiger partial charge in [-0.1, -0.05) is 13.8 Å². The number of hydrogen-bond acceptors (Lipinski definition) is 6. The summed E-state index contributed by atoms with van der Waals surface area (Å²) in [6.07, 6.45) is -0.0670. The Morgan fingerprint density at radius 3 is 2.48 bits per heavy atom. The Morgan fingerprint density at radius 2 is 2.04 bits per heavy atom. The molecule has 8 heteroatoms. The van der Waals surface area contributed by atoms with E-state index in [0.717, 1.165) is 0 Å². The van der Waals surface area contributed by atoms with Crippen LogP contribution in [0.2, 0.25) is 0 Å². The number of likely N-dealkylation sites (tertiary alicyclic amines) is 2. The molecular weight excluding hydrogens is 318 g/mol. The minimum Gasteiger partial charge on any atom is -0.391 e. The molecule has 23 heavy (non-hydrogen) atoms. The fraction of sp³-hybridized carbons (Fsp3) is 0.800. The van der Waals surface area contributed by atoms with E-state index in [9.17, 15) is 19.5 Å². The van der Waals surface area contributed by atoms with Crippen molar-refractivity contribution in [2.75, 3.05) is 12.3 Å². The topological polar surface area (TPSA) is 104 Å². The van der Waals surface area contributed by atoms with Crippen LogP contribution in [0.5, 0.6) is 0 Å². The molecule has 1 spiro atoms. The van der Waals surface area contributed by atoms with Crippen LogP contribution < -0.4 is 5.73 Å². The highest BCUT2D eigenvalue weighted by atomic mass is 32.1. The van der Waals surface area contributed by atoms with Crippen molar-refractivity contribution in [2.24, 2.45) is 11.7 Å². The van der Waals surface area contributed by atoms with E-state index in [1.165, 1.54) is 11.8 Å². The number of thiol groups is 1. The third kappa shape index (κ3) is 2.77. The first-order chi connectivity index (χ1) is 10.7. The molecule has 0 saturated carbocycles. The highest BCUT2D eigenvalue weighted by Crippen LogP contribution is 2.46. The molecule has 3 N–H and O–H groups in total. The number of aliphatic hydroxyl groups excluding tert-OH is 1. The lowest BCUT2D eigenvalue weighted by atomic mass is 9.76. The lowest BCUT2D eigenvalue weighted by molar-refractivity contribution is -0.170. The molecule has 0 aromatic heterocycles. The van der Waals surface area contributed by atoms with Gasteiger partial charge in [0.25, 0.3) is 0 Å². The lowest BCUT2D eigenvalue weighted by Crippen LogP contribution is -2.80. The average molecular weight is 343 g/mol. The molecule has 2 fully saturated rings. The van der Waals surface area contributed by atoms with Crippen LogP contribution in [0.4, 0.5) is 0 Å². The van der Waals surface area contributed by atoms with Crippen LogP contribution in [0.3, 0.4) is 0 Å². The van der Waals surface area contributed by atoms with E-state index in [1.807, 2.05) is 0 Å². The molecule has 2 saturated heterocycles. The van der Waals surface area contributed by atoms with Crippen molar-refractivity contribution in [3.8, 4) is 0 Å². The van der Waals surface area contributed by atoms with Crippen molar-refractivity contribution in [3.05, 3.63) is 0 Å². The summed E-state index contributed by atoms with van der Waals surface area (Å²) in [5, 5.41) is 9.86. The van der Waals surface area contributed by atoms with Crippen LogP contribution in [-0.2, 0) is 14.4 Å². The molecule has 4 atom stereocenters. The third-order valence-electron chi connectivity index (χ3n) is 4.94. The summed E-state index contributed by atoms with van der Waals surface area (Å²) in [5.74, 6) is -0.916. The Bertz CT molecular complexity index is 525. The molecule has 2 aliphatic rings. The van der Waals surface area contributed by atoms with Gasteiger partial charge in [-0.15, -0.1) is 0 Å². The van der Waals surface area contributed by atoms with Gasteiger partial charge in [-0.3, -0.25) is 24.2 Å². The Morgan fingerprint density at radius 1 is 1.43 bits per heavy atom. The average Bonchev–Trinajstić information content (AvgIpc) is 2.76. The van der Waals surface area contributed by atoms with Gasteiger partial charge in [0.15, 0.2) is 0 Å². The van der Waals surface area contributed by atoms with Gasteiger partial charge in [0, 0.05) is 30.7 Å². The van der Waals surface area contributed by atoms with Crippen molar-refractivity contribution >= 4 is 30.4 Å². The molecule has 2 heterocycles. The number of carbonyl (C=O) groups excluding carboxylic acids is 3. The molecule has 0 aromatic carbocycles. The second-order valence-electron chi connectivity index (χ2n) is 6.78. The monoisotopic (exact) mass is 343 g/mol. The summed E-state index contributed by atoms with van der Waals surface area (Å²) in [4.78, 5) is 39.6. The molecule has 2 rings (SSSR count). The molecule has 0 bridgehead atoms. The maximum Gasteiger partial charge on any atom is 0.237 e. The molecule has 130 valence electrons. The van der Waals surface area contributed by atoms with E-state index >= 15 is 0 Å². The van der Waals surface area contributed by atoms with Gasteiger partial charge < -0.3 is 10.8 Å². The number of hydrogen-bond donors (Lipinski definition) is 3. The number of rotatable bonds is 5. The first-order valence-electron chi connectivity index (χ1n) is 7.88. The second kappa shape index (κ2) is 6.41. The van der Waals surface area contributed by atoms with E-state index in [4.69, 9.17) is 5.73 Å². The van der Waals surface area contributed by atoms with Crippen LogP contribution in [0, 0.1) is 5.92 Å². The molecule has 0 aliphatic carbocycles. The predicted molar refractivity (Wildman–Crippen MR) is 87.7 cm³/mol. The van der Waals surface area contributed by atoms with Crippen molar-refractivity contribution in [1.29, 1.82) is 0 Å². The van der Waals surface area contributed by atoms with Gasteiger partial charge in [0.1, 0.15) is 6.04 Å². The second-order valence-corrected chi connectivity index (χ2v) is 7.15. The zero-order chi connectivity index (χ0) is 17.5. The van der Waals surface area contributed by atoms with Crippen molar-refractivity contribution in [2.45, 2.75) is 57.3 Å². The predicted octanol–water partition coefficient (Wildman–Crippen LogP) is -0.621. The van der Waals surface area contributed by atoms with Crippen LogP contribution in [-0.4, -0.2) is 68.7 Å². The highest BCUT2D eigenvalue weighted by Gasteiger charge is 2.63. The summed E-state index contributed by atoms with van der Waals surface area (Å²) < 4.78 is 0. The molecule has 7 nitrogen and oxygen atoms in total. The van der Waals surface area contributed by atoms with E-state index in [1.54, 1.807) is 18.7 Å². The molecule has 3 amide bonds. The van der Waals surface area contributed by atoms with Crippen molar-refractivity contribution in [3.63, 3.8) is 0 Å². The van der Waals surface area contributed by atoms with Gasteiger partial charge in [0.2, 0.25) is 17.7 Å². The van der Waals surface area contributed by atoms with Gasteiger partial charge >= 0.3 is 0 Å². The fourth-order valence-electron chi connectivity index (χ4n) is 3.83. The number of amides is 3. The van der Waals surface area contributed by atoms with Crippen LogP contribution in [0.1, 0.15) is 33.6 Å². The Labute approximate surface area is 141 Å². The van der Waals surface area contributed by atoms with Gasteiger partial charge in [-0.05, 0) is 13.3 Å². The number of nitrogens with zero attached hydrogens (tertiary/aromatic N) is 2. The van der Waals surface area contributed by atoms with Crippen molar-refractivity contribution in [1.82, 2.24) is 9.80 Å². The number of imide groups is 1. The van der Waals surface area contributed by atoms with E-state index in [2.05, 4.69) is 12.6 Å².